The maximum atomic E-state index is 12.9. The van der Waals surface area contributed by atoms with E-state index in [0.717, 1.165) is 16.8 Å². The van der Waals surface area contributed by atoms with Gasteiger partial charge in [-0.3, -0.25) is 9.69 Å². The number of anilines is 1. The van der Waals surface area contributed by atoms with Crippen molar-refractivity contribution in [1.29, 1.82) is 0 Å². The molecule has 3 aromatic carbocycles. The molecule has 32 heavy (non-hydrogen) atoms. The summed E-state index contributed by atoms with van der Waals surface area (Å²) in [4.78, 5) is 27.4. The fraction of sp³-hybridized carbons (Fsp3) is 0.0800. The molecule has 0 bridgehead atoms. The van der Waals surface area contributed by atoms with Crippen LogP contribution in [-0.2, 0) is 4.79 Å². The molecule has 5 nitrogen and oxygen atoms in total. The summed E-state index contributed by atoms with van der Waals surface area (Å²) in [6.45, 7) is 1.95. The molecule has 1 saturated heterocycles. The van der Waals surface area contributed by atoms with E-state index in [-0.39, 0.29) is 5.91 Å². The fourth-order valence-corrected chi connectivity index (χ4v) is 4.42. The summed E-state index contributed by atoms with van der Waals surface area (Å²) >= 11 is 6.65. The van der Waals surface area contributed by atoms with Crippen molar-refractivity contribution in [2.75, 3.05) is 12.0 Å². The van der Waals surface area contributed by atoms with Crippen LogP contribution in [0.25, 0.3) is 6.08 Å². The number of esters is 1. The van der Waals surface area contributed by atoms with Crippen molar-refractivity contribution in [3.63, 3.8) is 0 Å². The van der Waals surface area contributed by atoms with Gasteiger partial charge in [-0.2, -0.15) is 0 Å². The number of aryl methyl sites for hydroxylation is 1. The maximum Gasteiger partial charge on any atom is 0.343 e. The van der Waals surface area contributed by atoms with Gasteiger partial charge in [-0.05, 0) is 55.0 Å². The van der Waals surface area contributed by atoms with Gasteiger partial charge >= 0.3 is 5.97 Å². The molecule has 1 amide bonds. The molecule has 0 atom stereocenters. The van der Waals surface area contributed by atoms with E-state index in [1.165, 1.54) is 23.8 Å². The third-order valence-electron chi connectivity index (χ3n) is 4.78. The summed E-state index contributed by atoms with van der Waals surface area (Å²) in [5.74, 6) is 0.0321. The Morgan fingerprint density at radius 3 is 2.41 bits per heavy atom. The number of ether oxygens (including phenoxy) is 2. The quantitative estimate of drug-likeness (QED) is 0.212. The first-order chi connectivity index (χ1) is 15.5. The van der Waals surface area contributed by atoms with Crippen molar-refractivity contribution < 1.29 is 19.1 Å². The first kappa shape index (κ1) is 21.8. The Morgan fingerprint density at radius 1 is 1.00 bits per heavy atom. The number of benzene rings is 3. The third-order valence-corrected chi connectivity index (χ3v) is 6.09. The van der Waals surface area contributed by atoms with Crippen LogP contribution in [0.4, 0.5) is 5.69 Å². The summed E-state index contributed by atoms with van der Waals surface area (Å²) < 4.78 is 11.4. The Morgan fingerprint density at radius 2 is 1.72 bits per heavy atom. The van der Waals surface area contributed by atoms with Crippen LogP contribution in [0.5, 0.6) is 11.5 Å². The van der Waals surface area contributed by atoms with Crippen LogP contribution in [0.1, 0.15) is 21.5 Å². The van der Waals surface area contributed by atoms with Gasteiger partial charge in [0, 0.05) is 0 Å². The van der Waals surface area contributed by atoms with E-state index >= 15 is 0 Å². The number of thiocarbonyl (C=S) groups is 1. The lowest BCUT2D eigenvalue weighted by molar-refractivity contribution is -0.113. The largest absolute Gasteiger partial charge is 0.493 e. The maximum absolute atomic E-state index is 12.9. The number of thioether (sulfide) groups is 1. The van der Waals surface area contributed by atoms with Crippen LogP contribution in [0.3, 0.4) is 0 Å². The van der Waals surface area contributed by atoms with E-state index in [2.05, 4.69) is 0 Å². The number of hydrogen-bond donors (Lipinski definition) is 0. The molecular weight excluding hydrogens is 442 g/mol. The first-order valence-corrected chi connectivity index (χ1v) is 11.0. The van der Waals surface area contributed by atoms with Crippen molar-refractivity contribution in [1.82, 2.24) is 0 Å². The smallest absolute Gasteiger partial charge is 0.343 e. The topological polar surface area (TPSA) is 55.8 Å². The van der Waals surface area contributed by atoms with E-state index in [9.17, 15) is 9.59 Å². The number of nitrogens with zero attached hydrogens (tertiary/aromatic N) is 1. The van der Waals surface area contributed by atoms with Crippen molar-refractivity contribution >= 4 is 51.9 Å². The van der Waals surface area contributed by atoms with Crippen molar-refractivity contribution in [3.05, 3.63) is 94.4 Å². The van der Waals surface area contributed by atoms with Crippen LogP contribution >= 0.6 is 24.0 Å². The number of amides is 1. The molecule has 1 fully saturated rings. The van der Waals surface area contributed by atoms with E-state index in [0.29, 0.717) is 26.3 Å². The number of rotatable bonds is 5. The molecule has 0 saturated carbocycles. The van der Waals surface area contributed by atoms with Gasteiger partial charge in [-0.25, -0.2) is 4.79 Å². The second-order valence-corrected chi connectivity index (χ2v) is 8.69. The number of carbonyl (C=O) groups excluding carboxylic acids is 2. The van der Waals surface area contributed by atoms with Gasteiger partial charge in [0.15, 0.2) is 15.8 Å². The highest BCUT2D eigenvalue weighted by Gasteiger charge is 2.33. The molecule has 7 heteroatoms. The zero-order chi connectivity index (χ0) is 22.7. The zero-order valence-corrected chi connectivity index (χ0v) is 19.0. The minimum Gasteiger partial charge on any atom is -0.493 e. The minimum absolute atomic E-state index is 0.181. The van der Waals surface area contributed by atoms with Crippen LogP contribution < -0.4 is 14.4 Å². The molecule has 0 unspecified atom stereocenters. The Hall–Kier alpha value is -3.42. The highest BCUT2D eigenvalue weighted by Crippen LogP contribution is 2.37. The molecule has 0 aliphatic carbocycles. The normalized spacial score (nSPS) is 14.7. The summed E-state index contributed by atoms with van der Waals surface area (Å²) in [6.07, 6.45) is 1.75. The molecule has 1 heterocycles. The van der Waals surface area contributed by atoms with E-state index in [1.807, 2.05) is 49.4 Å². The molecule has 160 valence electrons. The summed E-state index contributed by atoms with van der Waals surface area (Å²) in [5, 5.41) is 0. The van der Waals surface area contributed by atoms with Gasteiger partial charge < -0.3 is 9.47 Å². The van der Waals surface area contributed by atoms with Gasteiger partial charge in [0.25, 0.3) is 5.91 Å². The molecule has 1 aliphatic rings. The number of para-hydroxylation sites is 1. The van der Waals surface area contributed by atoms with Crippen LogP contribution in [0.15, 0.2) is 77.7 Å². The predicted octanol–water partition coefficient (Wildman–Crippen LogP) is 5.63. The number of carbonyl (C=O) groups is 2. The summed E-state index contributed by atoms with van der Waals surface area (Å²) in [5.41, 5.74) is 2.97. The van der Waals surface area contributed by atoms with E-state index < -0.39 is 5.97 Å². The van der Waals surface area contributed by atoms with Gasteiger partial charge in [0.05, 0.1) is 23.3 Å². The van der Waals surface area contributed by atoms with Crippen LogP contribution in [0, 0.1) is 6.92 Å². The lowest BCUT2D eigenvalue weighted by Crippen LogP contribution is -2.27. The lowest BCUT2D eigenvalue weighted by Gasteiger charge is -2.13. The van der Waals surface area contributed by atoms with Crippen molar-refractivity contribution in [2.24, 2.45) is 0 Å². The highest BCUT2D eigenvalue weighted by molar-refractivity contribution is 8.27. The standard InChI is InChI=1S/C25H19NO4S2/c1-16-8-11-18(12-9-16)24(28)30-20-13-10-17(14-21(20)29-2)15-22-23(27)26(25(31)32-22)19-6-4-3-5-7-19/h3-15H,1-2H3/b22-15+. The zero-order valence-electron chi connectivity index (χ0n) is 17.4. The van der Waals surface area contributed by atoms with Gasteiger partial charge in [0.1, 0.15) is 0 Å². The molecular formula is C25H19NO4S2. The Kier molecular flexibility index (Phi) is 6.39. The van der Waals surface area contributed by atoms with Crippen molar-refractivity contribution in [3.8, 4) is 11.5 Å². The van der Waals surface area contributed by atoms with Crippen molar-refractivity contribution in [2.45, 2.75) is 6.92 Å². The Balaban J connectivity index is 1.56. The van der Waals surface area contributed by atoms with Crippen LogP contribution in [0.2, 0.25) is 0 Å². The number of methoxy groups -OCH3 is 1. The average molecular weight is 462 g/mol. The molecule has 1 aliphatic heterocycles. The van der Waals surface area contributed by atoms with E-state index in [1.54, 1.807) is 36.4 Å². The molecule has 3 aromatic rings. The second-order valence-electron chi connectivity index (χ2n) is 7.02. The SMILES string of the molecule is COc1cc(/C=C2/SC(=S)N(c3ccccc3)C2=O)ccc1OC(=O)c1ccc(C)cc1. The number of hydrogen-bond acceptors (Lipinski definition) is 6. The molecule has 0 spiro atoms. The Bertz CT molecular complexity index is 1220. The van der Waals surface area contributed by atoms with Gasteiger partial charge in [-0.15, -0.1) is 0 Å². The molecule has 0 N–H and O–H groups in total. The highest BCUT2D eigenvalue weighted by atomic mass is 32.2. The van der Waals surface area contributed by atoms with E-state index in [4.69, 9.17) is 21.7 Å². The monoisotopic (exact) mass is 461 g/mol. The second kappa shape index (κ2) is 9.38. The average Bonchev–Trinajstić information content (AvgIpc) is 3.08. The molecule has 4 rings (SSSR count). The predicted molar refractivity (Wildman–Crippen MR) is 131 cm³/mol. The molecule has 0 aromatic heterocycles. The van der Waals surface area contributed by atoms with Gasteiger partial charge in [-0.1, -0.05) is 65.9 Å². The first-order valence-electron chi connectivity index (χ1n) is 9.76. The van der Waals surface area contributed by atoms with Gasteiger partial charge in [0.2, 0.25) is 0 Å². The summed E-state index contributed by atoms with van der Waals surface area (Å²) in [7, 11) is 1.50. The Labute approximate surface area is 195 Å². The third kappa shape index (κ3) is 4.59. The fourth-order valence-electron chi connectivity index (χ4n) is 3.13. The van der Waals surface area contributed by atoms with Crippen LogP contribution in [-0.4, -0.2) is 23.3 Å². The summed E-state index contributed by atoms with van der Waals surface area (Å²) in [6, 6.07) is 21.5. The molecule has 0 radical (unpaired) electrons. The minimum atomic E-state index is -0.472. The lowest BCUT2D eigenvalue weighted by atomic mass is 10.1.